The summed E-state index contributed by atoms with van der Waals surface area (Å²) in [6.07, 6.45) is 0. The highest BCUT2D eigenvalue weighted by atomic mass is 19.1. The summed E-state index contributed by atoms with van der Waals surface area (Å²) in [4.78, 5) is 12.2. The summed E-state index contributed by atoms with van der Waals surface area (Å²) in [5.74, 6) is 0.180. The molecule has 5 heteroatoms. The quantitative estimate of drug-likeness (QED) is 0.862. The molecule has 22 heavy (non-hydrogen) atoms. The lowest BCUT2D eigenvalue weighted by atomic mass is 10.2. The summed E-state index contributed by atoms with van der Waals surface area (Å²) in [6, 6.07) is 13.0. The summed E-state index contributed by atoms with van der Waals surface area (Å²) >= 11 is 0. The van der Waals surface area contributed by atoms with E-state index in [0.29, 0.717) is 18.0 Å². The Balaban J connectivity index is 1.90. The smallest absolute Gasteiger partial charge is 0.241 e. The zero-order valence-corrected chi connectivity index (χ0v) is 12.6. The van der Waals surface area contributed by atoms with Crippen molar-refractivity contribution in [2.75, 3.05) is 12.4 Å². The molecule has 0 aliphatic heterocycles. The zero-order valence-electron chi connectivity index (χ0n) is 12.6. The molecule has 0 radical (unpaired) electrons. The van der Waals surface area contributed by atoms with Crippen LogP contribution in [-0.4, -0.2) is 19.1 Å². The maximum Gasteiger partial charge on any atom is 0.241 e. The standard InChI is InChI=1S/C17H19FN2O2/c1-12(19-11-13-7-9-14(18)10-8-13)17(21)20-15-5-3-4-6-16(15)22-2/h3-10,12,19H,11H2,1-2H3,(H,20,21)/t12-/m1/s1. The van der Waals surface area contributed by atoms with Crippen molar-refractivity contribution in [3.63, 3.8) is 0 Å². The van der Waals surface area contributed by atoms with Gasteiger partial charge in [-0.05, 0) is 36.8 Å². The number of halogens is 1. The molecule has 0 bridgehead atoms. The molecule has 2 aromatic carbocycles. The summed E-state index contributed by atoms with van der Waals surface area (Å²) in [5.41, 5.74) is 1.55. The topological polar surface area (TPSA) is 50.4 Å². The van der Waals surface area contributed by atoms with E-state index in [4.69, 9.17) is 4.74 Å². The predicted octanol–water partition coefficient (Wildman–Crippen LogP) is 2.95. The van der Waals surface area contributed by atoms with Gasteiger partial charge in [-0.1, -0.05) is 24.3 Å². The Kier molecular flexibility index (Phi) is 5.49. The van der Waals surface area contributed by atoms with E-state index in [1.54, 1.807) is 38.3 Å². The fourth-order valence-electron chi connectivity index (χ4n) is 1.95. The molecule has 0 saturated heterocycles. The van der Waals surface area contributed by atoms with E-state index in [-0.39, 0.29) is 11.7 Å². The van der Waals surface area contributed by atoms with Crippen molar-refractivity contribution >= 4 is 11.6 Å². The van der Waals surface area contributed by atoms with Crippen LogP contribution in [0.2, 0.25) is 0 Å². The third-order valence-electron chi connectivity index (χ3n) is 3.28. The normalized spacial score (nSPS) is 11.8. The molecule has 0 aliphatic rings. The molecule has 0 aromatic heterocycles. The molecule has 0 saturated carbocycles. The number of ether oxygens (including phenoxy) is 1. The van der Waals surface area contributed by atoms with Gasteiger partial charge in [-0.3, -0.25) is 4.79 Å². The predicted molar refractivity (Wildman–Crippen MR) is 84.3 cm³/mol. The maximum absolute atomic E-state index is 12.8. The molecule has 0 spiro atoms. The van der Waals surface area contributed by atoms with Crippen LogP contribution in [0, 0.1) is 5.82 Å². The number of hydrogen-bond donors (Lipinski definition) is 2. The van der Waals surface area contributed by atoms with E-state index in [2.05, 4.69) is 10.6 Å². The zero-order chi connectivity index (χ0) is 15.9. The molecule has 2 rings (SSSR count). The van der Waals surface area contributed by atoms with Crippen molar-refractivity contribution in [3.05, 3.63) is 59.9 Å². The summed E-state index contributed by atoms with van der Waals surface area (Å²) < 4.78 is 18.0. The van der Waals surface area contributed by atoms with Gasteiger partial charge in [-0.2, -0.15) is 0 Å². The highest BCUT2D eigenvalue weighted by Gasteiger charge is 2.14. The van der Waals surface area contributed by atoms with Crippen LogP contribution in [0.15, 0.2) is 48.5 Å². The minimum atomic E-state index is -0.394. The van der Waals surface area contributed by atoms with Gasteiger partial charge in [0.25, 0.3) is 0 Å². The van der Waals surface area contributed by atoms with E-state index >= 15 is 0 Å². The Morgan fingerprint density at radius 2 is 1.86 bits per heavy atom. The van der Waals surface area contributed by atoms with E-state index in [0.717, 1.165) is 5.56 Å². The Morgan fingerprint density at radius 1 is 1.18 bits per heavy atom. The lowest BCUT2D eigenvalue weighted by Crippen LogP contribution is -2.37. The first-order chi connectivity index (χ1) is 10.6. The molecule has 116 valence electrons. The number of nitrogens with one attached hydrogen (secondary N) is 2. The van der Waals surface area contributed by atoms with E-state index < -0.39 is 6.04 Å². The van der Waals surface area contributed by atoms with Crippen molar-refractivity contribution < 1.29 is 13.9 Å². The molecule has 0 unspecified atom stereocenters. The Bertz CT molecular complexity index is 629. The lowest BCUT2D eigenvalue weighted by molar-refractivity contribution is -0.117. The maximum atomic E-state index is 12.8. The Hall–Kier alpha value is -2.40. The molecule has 2 N–H and O–H groups in total. The number of amides is 1. The second-order valence-corrected chi connectivity index (χ2v) is 4.92. The number of benzene rings is 2. The van der Waals surface area contributed by atoms with Crippen LogP contribution in [-0.2, 0) is 11.3 Å². The molecular weight excluding hydrogens is 283 g/mol. The van der Waals surface area contributed by atoms with Gasteiger partial charge in [0.1, 0.15) is 11.6 Å². The number of hydrogen-bond acceptors (Lipinski definition) is 3. The van der Waals surface area contributed by atoms with Crippen LogP contribution < -0.4 is 15.4 Å². The van der Waals surface area contributed by atoms with E-state index in [9.17, 15) is 9.18 Å². The van der Waals surface area contributed by atoms with Gasteiger partial charge in [-0.25, -0.2) is 4.39 Å². The first-order valence-electron chi connectivity index (χ1n) is 7.02. The van der Waals surface area contributed by atoms with E-state index in [1.807, 2.05) is 12.1 Å². The summed E-state index contributed by atoms with van der Waals surface area (Å²) in [5, 5.41) is 5.92. The molecule has 1 atom stereocenters. The molecule has 2 aromatic rings. The largest absolute Gasteiger partial charge is 0.495 e. The summed E-state index contributed by atoms with van der Waals surface area (Å²) in [7, 11) is 1.56. The van der Waals surface area contributed by atoms with Gasteiger partial charge in [-0.15, -0.1) is 0 Å². The number of anilines is 1. The molecule has 0 aliphatic carbocycles. The highest BCUT2D eigenvalue weighted by molar-refractivity contribution is 5.95. The fraction of sp³-hybridized carbons (Fsp3) is 0.235. The summed E-state index contributed by atoms with van der Waals surface area (Å²) in [6.45, 7) is 2.26. The average molecular weight is 302 g/mol. The van der Waals surface area contributed by atoms with Crippen LogP contribution >= 0.6 is 0 Å². The minimum absolute atomic E-state index is 0.161. The molecule has 0 heterocycles. The van der Waals surface area contributed by atoms with Crippen molar-refractivity contribution in [1.82, 2.24) is 5.32 Å². The SMILES string of the molecule is COc1ccccc1NC(=O)[C@@H](C)NCc1ccc(F)cc1. The lowest BCUT2D eigenvalue weighted by Gasteiger charge is -2.15. The monoisotopic (exact) mass is 302 g/mol. The van der Waals surface area contributed by atoms with Crippen molar-refractivity contribution in [1.29, 1.82) is 0 Å². The number of carbonyl (C=O) groups excluding carboxylic acids is 1. The van der Waals surface area contributed by atoms with Crippen LogP contribution in [0.5, 0.6) is 5.75 Å². The fourth-order valence-corrected chi connectivity index (χ4v) is 1.95. The van der Waals surface area contributed by atoms with Crippen LogP contribution in [0.1, 0.15) is 12.5 Å². The Morgan fingerprint density at radius 3 is 2.55 bits per heavy atom. The third-order valence-corrected chi connectivity index (χ3v) is 3.28. The average Bonchev–Trinajstić information content (AvgIpc) is 2.54. The van der Waals surface area contributed by atoms with Gasteiger partial charge >= 0.3 is 0 Å². The number of rotatable bonds is 6. The van der Waals surface area contributed by atoms with Crippen LogP contribution in [0.3, 0.4) is 0 Å². The first kappa shape index (κ1) is 16.0. The van der Waals surface area contributed by atoms with Gasteiger partial charge in [0.05, 0.1) is 18.8 Å². The van der Waals surface area contributed by atoms with Crippen LogP contribution in [0.4, 0.5) is 10.1 Å². The van der Waals surface area contributed by atoms with Gasteiger partial charge in [0, 0.05) is 6.54 Å². The van der Waals surface area contributed by atoms with Crippen LogP contribution in [0.25, 0.3) is 0 Å². The molecular formula is C17H19FN2O2. The molecule has 1 amide bonds. The molecule has 0 fully saturated rings. The molecule has 4 nitrogen and oxygen atoms in total. The number of para-hydroxylation sites is 2. The second-order valence-electron chi connectivity index (χ2n) is 4.92. The van der Waals surface area contributed by atoms with Crippen molar-refractivity contribution in [2.24, 2.45) is 0 Å². The second kappa shape index (κ2) is 7.56. The van der Waals surface area contributed by atoms with Gasteiger partial charge in [0.15, 0.2) is 0 Å². The number of carbonyl (C=O) groups is 1. The van der Waals surface area contributed by atoms with Gasteiger partial charge in [0.2, 0.25) is 5.91 Å². The minimum Gasteiger partial charge on any atom is -0.495 e. The van der Waals surface area contributed by atoms with E-state index in [1.165, 1.54) is 12.1 Å². The third kappa shape index (κ3) is 4.30. The first-order valence-corrected chi connectivity index (χ1v) is 7.02. The number of methoxy groups -OCH3 is 1. The highest BCUT2D eigenvalue weighted by Crippen LogP contribution is 2.23. The Labute approximate surface area is 129 Å². The van der Waals surface area contributed by atoms with Gasteiger partial charge < -0.3 is 15.4 Å². The van der Waals surface area contributed by atoms with Crippen molar-refractivity contribution in [3.8, 4) is 5.75 Å². The van der Waals surface area contributed by atoms with Crippen molar-refractivity contribution in [2.45, 2.75) is 19.5 Å².